The molecule has 1 N–H and O–H groups in total. The van der Waals surface area contributed by atoms with Crippen LogP contribution in [0.2, 0.25) is 5.02 Å². The van der Waals surface area contributed by atoms with Crippen molar-refractivity contribution in [3.05, 3.63) is 64.7 Å². The van der Waals surface area contributed by atoms with E-state index in [1.807, 2.05) is 0 Å². The van der Waals surface area contributed by atoms with Gasteiger partial charge in [0.25, 0.3) is 5.91 Å². The fraction of sp³-hybridized carbons (Fsp3) is 0.263. The van der Waals surface area contributed by atoms with Crippen LogP contribution < -0.4 is 5.32 Å². The zero-order chi connectivity index (χ0) is 19.6. The van der Waals surface area contributed by atoms with Crippen LogP contribution in [0.4, 0.5) is 0 Å². The zero-order valence-corrected chi connectivity index (χ0v) is 16.1. The van der Waals surface area contributed by atoms with Gasteiger partial charge in [-0.2, -0.15) is 0 Å². The first-order chi connectivity index (χ1) is 12.8. The lowest BCUT2D eigenvalue weighted by Gasteiger charge is -2.18. The van der Waals surface area contributed by atoms with E-state index < -0.39 is 27.8 Å². The second-order valence-electron chi connectivity index (χ2n) is 6.39. The predicted molar refractivity (Wildman–Crippen MR) is 100 cm³/mol. The molecule has 0 spiro atoms. The Bertz CT molecular complexity index is 971. The van der Waals surface area contributed by atoms with Crippen molar-refractivity contribution in [3.63, 3.8) is 0 Å². The van der Waals surface area contributed by atoms with Crippen molar-refractivity contribution in [2.45, 2.75) is 29.9 Å². The molecule has 1 fully saturated rings. The van der Waals surface area contributed by atoms with Crippen LogP contribution in [0.5, 0.6) is 0 Å². The lowest BCUT2D eigenvalue weighted by Crippen LogP contribution is -2.33. The summed E-state index contributed by atoms with van der Waals surface area (Å²) in [5, 5.41) is 2.86. The molecule has 1 atom stereocenters. The van der Waals surface area contributed by atoms with E-state index in [1.165, 1.54) is 12.1 Å². The molecule has 0 heterocycles. The molecule has 0 bridgehead atoms. The highest BCUT2D eigenvalue weighted by Crippen LogP contribution is 2.27. The summed E-state index contributed by atoms with van der Waals surface area (Å²) in [6.45, 7) is 0. The SMILES string of the molecule is CS(=O)(=O)c1ccc(Cl)c(C(=O)O[C@@H](C(=O)NC2CC2)c2ccccc2)c1. The Hall–Kier alpha value is -2.38. The lowest BCUT2D eigenvalue weighted by atomic mass is 10.1. The highest BCUT2D eigenvalue weighted by atomic mass is 35.5. The first kappa shape index (κ1) is 19.4. The smallest absolute Gasteiger partial charge is 0.340 e. The number of esters is 1. The quantitative estimate of drug-likeness (QED) is 0.743. The molecule has 3 rings (SSSR count). The van der Waals surface area contributed by atoms with Crippen molar-refractivity contribution in [1.82, 2.24) is 5.32 Å². The number of nitrogens with one attached hydrogen (secondary N) is 1. The van der Waals surface area contributed by atoms with Gasteiger partial charge in [0.15, 0.2) is 9.84 Å². The first-order valence-electron chi connectivity index (χ1n) is 8.31. The third kappa shape index (κ3) is 4.87. The van der Waals surface area contributed by atoms with Crippen LogP contribution in [-0.4, -0.2) is 32.6 Å². The highest BCUT2D eigenvalue weighted by Gasteiger charge is 2.31. The molecular formula is C19H18ClNO5S. The minimum atomic E-state index is -3.53. The number of benzene rings is 2. The number of hydrogen-bond donors (Lipinski definition) is 1. The Kier molecular flexibility index (Phi) is 5.53. The van der Waals surface area contributed by atoms with Gasteiger partial charge < -0.3 is 10.1 Å². The van der Waals surface area contributed by atoms with Crippen molar-refractivity contribution in [2.24, 2.45) is 0 Å². The second-order valence-corrected chi connectivity index (χ2v) is 8.82. The van der Waals surface area contributed by atoms with E-state index in [4.69, 9.17) is 16.3 Å². The maximum atomic E-state index is 12.7. The first-order valence-corrected chi connectivity index (χ1v) is 10.6. The van der Waals surface area contributed by atoms with E-state index in [0.29, 0.717) is 5.56 Å². The molecule has 142 valence electrons. The van der Waals surface area contributed by atoms with E-state index in [2.05, 4.69) is 5.32 Å². The van der Waals surface area contributed by atoms with Crippen molar-refractivity contribution >= 4 is 33.3 Å². The van der Waals surface area contributed by atoms with E-state index in [9.17, 15) is 18.0 Å². The molecule has 1 saturated carbocycles. The van der Waals surface area contributed by atoms with Gasteiger partial charge in [0.1, 0.15) is 0 Å². The minimum absolute atomic E-state index is 0.0433. The van der Waals surface area contributed by atoms with E-state index in [1.54, 1.807) is 30.3 Å². The lowest BCUT2D eigenvalue weighted by molar-refractivity contribution is -0.130. The van der Waals surface area contributed by atoms with Gasteiger partial charge in [-0.1, -0.05) is 41.9 Å². The van der Waals surface area contributed by atoms with Gasteiger partial charge in [-0.05, 0) is 31.0 Å². The Morgan fingerprint density at radius 3 is 2.41 bits per heavy atom. The predicted octanol–water partition coefficient (Wildman–Crippen LogP) is 2.92. The van der Waals surface area contributed by atoms with E-state index >= 15 is 0 Å². The number of rotatable bonds is 6. The van der Waals surface area contributed by atoms with Crippen molar-refractivity contribution in [1.29, 1.82) is 0 Å². The monoisotopic (exact) mass is 407 g/mol. The summed E-state index contributed by atoms with van der Waals surface area (Å²) in [6, 6.07) is 12.5. The molecule has 2 aromatic carbocycles. The third-order valence-electron chi connectivity index (χ3n) is 4.07. The molecule has 27 heavy (non-hydrogen) atoms. The number of halogens is 1. The number of amides is 1. The van der Waals surface area contributed by atoms with Gasteiger partial charge in [-0.25, -0.2) is 13.2 Å². The number of carbonyl (C=O) groups is 2. The standard InChI is InChI=1S/C19H18ClNO5S/c1-27(24,25)14-9-10-16(20)15(11-14)19(23)26-17(12-5-3-2-4-6-12)18(22)21-13-7-8-13/h2-6,9-11,13,17H,7-8H2,1H3,(H,21,22)/t17-/m1/s1. The minimum Gasteiger partial charge on any atom is -0.444 e. The van der Waals surface area contributed by atoms with E-state index in [-0.39, 0.29) is 21.5 Å². The van der Waals surface area contributed by atoms with Gasteiger partial charge in [0, 0.05) is 17.9 Å². The molecule has 1 amide bonds. The van der Waals surface area contributed by atoms with Gasteiger partial charge in [-0.15, -0.1) is 0 Å². The maximum Gasteiger partial charge on any atom is 0.340 e. The van der Waals surface area contributed by atoms with Crippen molar-refractivity contribution < 1.29 is 22.7 Å². The van der Waals surface area contributed by atoms with Gasteiger partial charge in [-0.3, -0.25) is 4.79 Å². The molecular weight excluding hydrogens is 390 g/mol. The van der Waals surface area contributed by atoms with Crippen molar-refractivity contribution in [3.8, 4) is 0 Å². The summed E-state index contributed by atoms with van der Waals surface area (Å²) in [5.74, 6) is -1.29. The largest absolute Gasteiger partial charge is 0.444 e. The van der Waals surface area contributed by atoms with Crippen LogP contribution in [0.25, 0.3) is 0 Å². The van der Waals surface area contributed by atoms with Crippen LogP contribution in [0.1, 0.15) is 34.9 Å². The van der Waals surface area contributed by atoms with Crippen molar-refractivity contribution in [2.75, 3.05) is 6.26 Å². The molecule has 6 nitrogen and oxygen atoms in total. The summed E-state index contributed by atoms with van der Waals surface area (Å²) in [7, 11) is -3.53. The van der Waals surface area contributed by atoms with Crippen LogP contribution in [0, 0.1) is 0 Å². The summed E-state index contributed by atoms with van der Waals surface area (Å²) < 4.78 is 28.9. The van der Waals surface area contributed by atoms with Gasteiger partial charge >= 0.3 is 5.97 Å². The molecule has 1 aliphatic carbocycles. The Labute approximate surface area is 162 Å². The second kappa shape index (κ2) is 7.70. The van der Waals surface area contributed by atoms with Gasteiger partial charge in [0.2, 0.25) is 6.10 Å². The Balaban J connectivity index is 1.89. The average molecular weight is 408 g/mol. The van der Waals surface area contributed by atoms with Gasteiger partial charge in [0.05, 0.1) is 15.5 Å². The summed E-state index contributed by atoms with van der Waals surface area (Å²) in [5.41, 5.74) is 0.402. The fourth-order valence-electron chi connectivity index (χ4n) is 2.47. The van der Waals surface area contributed by atoms with Crippen LogP contribution in [0.15, 0.2) is 53.4 Å². The molecule has 8 heteroatoms. The molecule has 0 radical (unpaired) electrons. The number of carbonyl (C=O) groups excluding carboxylic acids is 2. The molecule has 1 aliphatic rings. The Morgan fingerprint density at radius 1 is 1.15 bits per heavy atom. The van der Waals surface area contributed by atoms with Crippen LogP contribution in [-0.2, 0) is 19.4 Å². The molecule has 0 aromatic heterocycles. The van der Waals surface area contributed by atoms with E-state index in [0.717, 1.165) is 25.2 Å². The molecule has 0 saturated heterocycles. The summed E-state index contributed by atoms with van der Waals surface area (Å²) in [6.07, 6.45) is 1.66. The van der Waals surface area contributed by atoms with Crippen LogP contribution >= 0.6 is 11.6 Å². The molecule has 0 unspecified atom stereocenters. The van der Waals surface area contributed by atoms with Crippen LogP contribution in [0.3, 0.4) is 0 Å². The number of hydrogen-bond acceptors (Lipinski definition) is 5. The zero-order valence-electron chi connectivity index (χ0n) is 14.5. The Morgan fingerprint density at radius 2 is 1.81 bits per heavy atom. The third-order valence-corrected chi connectivity index (χ3v) is 5.51. The average Bonchev–Trinajstić information content (AvgIpc) is 3.43. The molecule has 0 aliphatic heterocycles. The number of sulfone groups is 1. The number of ether oxygens (including phenoxy) is 1. The molecule has 2 aromatic rings. The topological polar surface area (TPSA) is 89.5 Å². The highest BCUT2D eigenvalue weighted by molar-refractivity contribution is 7.90. The summed E-state index contributed by atoms with van der Waals surface area (Å²) >= 11 is 6.05. The fourth-order valence-corrected chi connectivity index (χ4v) is 3.31. The normalized spacial score (nSPS) is 15.0. The summed E-state index contributed by atoms with van der Waals surface area (Å²) in [4.78, 5) is 25.1. The maximum absolute atomic E-state index is 12.7.